The van der Waals surface area contributed by atoms with Crippen LogP contribution < -0.4 is 5.32 Å². The van der Waals surface area contributed by atoms with E-state index in [9.17, 15) is 9.59 Å². The fraction of sp³-hybridized carbons (Fsp3) is 0.458. The summed E-state index contributed by atoms with van der Waals surface area (Å²) in [7, 11) is 0. The van der Waals surface area contributed by atoms with Crippen LogP contribution in [0.5, 0.6) is 0 Å². The van der Waals surface area contributed by atoms with Crippen molar-refractivity contribution in [2.24, 2.45) is 5.92 Å². The third kappa shape index (κ3) is 5.05. The molecule has 160 valence electrons. The van der Waals surface area contributed by atoms with E-state index < -0.39 is 0 Å². The average molecular weight is 409 g/mol. The number of hydrogen-bond acceptors (Lipinski definition) is 4. The fourth-order valence-corrected chi connectivity index (χ4v) is 4.13. The van der Waals surface area contributed by atoms with E-state index >= 15 is 0 Å². The van der Waals surface area contributed by atoms with Crippen LogP contribution in [0.1, 0.15) is 43.9 Å². The van der Waals surface area contributed by atoms with E-state index in [2.05, 4.69) is 29.0 Å². The number of piperidine rings is 1. The molecule has 1 aliphatic rings. The summed E-state index contributed by atoms with van der Waals surface area (Å²) in [5.74, 6) is 0.387. The van der Waals surface area contributed by atoms with Gasteiger partial charge in [0.2, 0.25) is 11.8 Å². The number of hydrogen-bond donors (Lipinski definition) is 1. The van der Waals surface area contributed by atoms with Crippen LogP contribution in [-0.4, -0.2) is 52.8 Å². The van der Waals surface area contributed by atoms with Gasteiger partial charge in [-0.15, -0.1) is 0 Å². The average Bonchev–Trinajstić information content (AvgIpc) is 2.79. The minimum absolute atomic E-state index is 0.0617. The quantitative estimate of drug-likeness (QED) is 0.759. The first-order valence-electron chi connectivity index (χ1n) is 10.8. The number of carbonyl (C=O) groups excluding carboxylic acids is 2. The van der Waals surface area contributed by atoms with E-state index in [1.165, 1.54) is 0 Å². The Morgan fingerprint density at radius 2 is 1.90 bits per heavy atom. The summed E-state index contributed by atoms with van der Waals surface area (Å²) in [4.78, 5) is 34.8. The van der Waals surface area contributed by atoms with E-state index in [0.717, 1.165) is 37.1 Å². The second-order valence-corrected chi connectivity index (χ2v) is 7.82. The number of likely N-dealkylation sites (N-methyl/N-ethyl adjacent to an activating group) is 1. The zero-order valence-electron chi connectivity index (χ0n) is 18.2. The maximum atomic E-state index is 13.6. The van der Waals surface area contributed by atoms with Gasteiger partial charge in [-0.3, -0.25) is 14.5 Å². The zero-order chi connectivity index (χ0) is 21.5. The van der Waals surface area contributed by atoms with Crippen LogP contribution in [0.4, 0.5) is 5.82 Å². The number of nitrogens with zero attached hydrogens (tertiary/aromatic N) is 3. The van der Waals surface area contributed by atoms with Crippen molar-refractivity contribution >= 4 is 17.6 Å². The SMILES string of the molecule is CCN(CC)C(C(=O)N1CCCC(C(=O)Nc2ncccc2C)C1)c1ccccc1. The van der Waals surface area contributed by atoms with E-state index in [0.29, 0.717) is 18.9 Å². The summed E-state index contributed by atoms with van der Waals surface area (Å²) in [6.07, 6.45) is 3.28. The summed E-state index contributed by atoms with van der Waals surface area (Å²) >= 11 is 0. The number of carbonyl (C=O) groups is 2. The van der Waals surface area contributed by atoms with Crippen molar-refractivity contribution in [2.45, 2.75) is 39.7 Å². The molecule has 3 rings (SSSR count). The standard InChI is InChI=1S/C24H32N4O2/c1-4-27(5-2)21(19-12-7-6-8-13-19)24(30)28-16-10-14-20(17-28)23(29)26-22-18(3)11-9-15-25-22/h6-9,11-13,15,20-21H,4-5,10,14,16-17H2,1-3H3,(H,25,26,29). The summed E-state index contributed by atoms with van der Waals surface area (Å²) in [5, 5.41) is 2.95. The molecule has 2 atom stereocenters. The number of pyridine rings is 1. The third-order valence-electron chi connectivity index (χ3n) is 5.88. The van der Waals surface area contributed by atoms with Gasteiger partial charge in [0.05, 0.1) is 5.92 Å². The molecule has 2 unspecified atom stereocenters. The summed E-state index contributed by atoms with van der Waals surface area (Å²) in [6, 6.07) is 13.4. The van der Waals surface area contributed by atoms with Gasteiger partial charge >= 0.3 is 0 Å². The molecule has 1 saturated heterocycles. The first-order chi connectivity index (χ1) is 14.5. The number of anilines is 1. The Labute approximate surface area is 179 Å². The Hall–Kier alpha value is -2.73. The second kappa shape index (κ2) is 10.3. The lowest BCUT2D eigenvalue weighted by Gasteiger charge is -2.37. The smallest absolute Gasteiger partial charge is 0.244 e. The number of amides is 2. The lowest BCUT2D eigenvalue weighted by atomic mass is 9.95. The van der Waals surface area contributed by atoms with Crippen molar-refractivity contribution in [3.05, 3.63) is 59.8 Å². The van der Waals surface area contributed by atoms with Gasteiger partial charge in [0.15, 0.2) is 0 Å². The van der Waals surface area contributed by atoms with Gasteiger partial charge in [-0.2, -0.15) is 0 Å². The highest BCUT2D eigenvalue weighted by Gasteiger charge is 2.34. The van der Waals surface area contributed by atoms with Gasteiger partial charge in [0.1, 0.15) is 11.9 Å². The van der Waals surface area contributed by atoms with Gasteiger partial charge in [-0.25, -0.2) is 4.98 Å². The molecule has 1 aromatic heterocycles. The van der Waals surface area contributed by atoms with Gasteiger partial charge in [-0.05, 0) is 50.0 Å². The molecule has 1 fully saturated rings. The molecule has 1 aliphatic heterocycles. The lowest BCUT2D eigenvalue weighted by Crippen LogP contribution is -2.48. The summed E-state index contributed by atoms with van der Waals surface area (Å²) in [5.41, 5.74) is 1.93. The molecule has 30 heavy (non-hydrogen) atoms. The number of aromatic nitrogens is 1. The number of likely N-dealkylation sites (tertiary alicyclic amines) is 1. The van der Waals surface area contributed by atoms with Crippen molar-refractivity contribution in [1.29, 1.82) is 0 Å². The van der Waals surface area contributed by atoms with E-state index in [4.69, 9.17) is 0 Å². The highest BCUT2D eigenvalue weighted by atomic mass is 16.2. The maximum Gasteiger partial charge on any atom is 0.244 e. The Balaban J connectivity index is 1.74. The predicted octanol–water partition coefficient (Wildman–Crippen LogP) is 3.65. The largest absolute Gasteiger partial charge is 0.340 e. The zero-order valence-corrected chi connectivity index (χ0v) is 18.2. The molecule has 1 N–H and O–H groups in total. The van der Waals surface area contributed by atoms with Crippen molar-refractivity contribution in [2.75, 3.05) is 31.5 Å². The lowest BCUT2D eigenvalue weighted by molar-refractivity contribution is -0.140. The molecule has 6 heteroatoms. The highest BCUT2D eigenvalue weighted by molar-refractivity contribution is 5.93. The third-order valence-corrected chi connectivity index (χ3v) is 5.88. The van der Waals surface area contributed by atoms with Gasteiger partial charge in [0, 0.05) is 19.3 Å². The number of benzene rings is 1. The van der Waals surface area contributed by atoms with Crippen molar-refractivity contribution in [3.8, 4) is 0 Å². The van der Waals surface area contributed by atoms with Crippen LogP contribution in [0.25, 0.3) is 0 Å². The Bertz CT molecular complexity index is 851. The summed E-state index contributed by atoms with van der Waals surface area (Å²) in [6.45, 7) is 8.80. The topological polar surface area (TPSA) is 65.5 Å². The van der Waals surface area contributed by atoms with Crippen LogP contribution in [0.2, 0.25) is 0 Å². The number of nitrogens with one attached hydrogen (secondary N) is 1. The molecular formula is C24H32N4O2. The molecule has 0 saturated carbocycles. The Kier molecular flexibility index (Phi) is 7.57. The van der Waals surface area contributed by atoms with Crippen molar-refractivity contribution in [3.63, 3.8) is 0 Å². The van der Waals surface area contributed by atoms with Gasteiger partial charge in [-0.1, -0.05) is 50.2 Å². The molecule has 0 aliphatic carbocycles. The molecule has 0 bridgehead atoms. The maximum absolute atomic E-state index is 13.6. The minimum atomic E-state index is -0.318. The molecule has 1 aromatic carbocycles. The number of rotatable bonds is 7. The fourth-order valence-electron chi connectivity index (χ4n) is 4.13. The summed E-state index contributed by atoms with van der Waals surface area (Å²) < 4.78 is 0. The molecule has 2 aromatic rings. The van der Waals surface area contributed by atoms with Crippen LogP contribution in [0.3, 0.4) is 0 Å². The predicted molar refractivity (Wildman–Crippen MR) is 119 cm³/mol. The Morgan fingerprint density at radius 3 is 2.57 bits per heavy atom. The van der Waals surface area contributed by atoms with Crippen LogP contribution in [0.15, 0.2) is 48.7 Å². The molecule has 0 spiro atoms. The van der Waals surface area contributed by atoms with E-state index in [1.54, 1.807) is 6.20 Å². The number of aryl methyl sites for hydroxylation is 1. The van der Waals surface area contributed by atoms with Crippen molar-refractivity contribution in [1.82, 2.24) is 14.8 Å². The van der Waals surface area contributed by atoms with Gasteiger partial charge in [0.25, 0.3) is 0 Å². The highest BCUT2D eigenvalue weighted by Crippen LogP contribution is 2.27. The van der Waals surface area contributed by atoms with E-state index in [-0.39, 0.29) is 23.8 Å². The second-order valence-electron chi connectivity index (χ2n) is 7.82. The molecule has 0 radical (unpaired) electrons. The first kappa shape index (κ1) is 22.0. The first-order valence-corrected chi connectivity index (χ1v) is 10.8. The molecule has 2 amide bonds. The normalized spacial score (nSPS) is 17.6. The van der Waals surface area contributed by atoms with E-state index in [1.807, 2.05) is 54.3 Å². The van der Waals surface area contributed by atoms with Crippen LogP contribution in [0, 0.1) is 12.8 Å². The van der Waals surface area contributed by atoms with Crippen LogP contribution >= 0.6 is 0 Å². The molecule has 2 heterocycles. The molecule has 6 nitrogen and oxygen atoms in total. The van der Waals surface area contributed by atoms with Crippen molar-refractivity contribution < 1.29 is 9.59 Å². The van der Waals surface area contributed by atoms with Crippen LogP contribution in [-0.2, 0) is 9.59 Å². The molecular weight excluding hydrogens is 376 g/mol. The Morgan fingerprint density at radius 1 is 1.17 bits per heavy atom. The minimum Gasteiger partial charge on any atom is -0.340 e. The monoisotopic (exact) mass is 408 g/mol. The van der Waals surface area contributed by atoms with Gasteiger partial charge < -0.3 is 10.2 Å².